The molecule has 0 aliphatic rings. The number of phosphoric acid groups is 2. The summed E-state index contributed by atoms with van der Waals surface area (Å²) in [6.45, 7) is 4.83. The molecular weight excluding hydrogens is 1330 g/mol. The Balaban J connectivity index is 5.33. The molecule has 19 heteroatoms. The highest BCUT2D eigenvalue weighted by atomic mass is 31.2. The number of unbranched alkanes of at least 4 members (excludes halogenated alkanes) is 43. The fourth-order valence-electron chi connectivity index (χ4n) is 11.7. The first-order valence-corrected chi connectivity index (χ1v) is 44.5. The van der Waals surface area contributed by atoms with Crippen molar-refractivity contribution in [3.8, 4) is 0 Å². The molecule has 5 atom stereocenters. The molecule has 5 unspecified atom stereocenters. The lowest BCUT2D eigenvalue weighted by atomic mass is 10.0. The van der Waals surface area contributed by atoms with Crippen molar-refractivity contribution in [3.63, 3.8) is 0 Å². The fraction of sp³-hybridized carbons (Fsp3) is 0.831. The van der Waals surface area contributed by atoms with E-state index in [9.17, 15) is 43.2 Å². The molecule has 0 aliphatic carbocycles. The molecule has 0 aromatic carbocycles. The highest BCUT2D eigenvalue weighted by Gasteiger charge is 2.30. The molecule has 0 aromatic heterocycles. The first kappa shape index (κ1) is 98.8. The molecule has 0 aliphatic heterocycles. The standard InChI is InChI=1S/C83H152O17P2/c1-5-9-13-17-21-25-29-33-36-37-38-39-42-45-48-52-56-60-64-68-81(86)94-74-79(100-83(88)70-66-62-58-54-50-46-41-35-31-27-23-19-15-11-7-3)76-98-102(91,92)96-72-77(84)71-95-101(89,90)97-75-78(99-82(87)69-65-61-57-53-49-43-32-28-24-20-16-12-8-4)73-93-80(85)67-63-59-55-51-47-44-40-34-30-26-22-18-14-10-6-2/h9,13,21,25,33,36,38-39,45,48,77-79,84H,5-8,10-12,14-20,22-24,26-32,34-35,37,40-44,46-47,49-76H2,1-4H3,(H,89,90)(H,91,92)/b13-9-,25-21-,36-33-,39-38-,48-45-. The first-order valence-electron chi connectivity index (χ1n) is 41.5. The van der Waals surface area contributed by atoms with Crippen molar-refractivity contribution in [2.24, 2.45) is 0 Å². The van der Waals surface area contributed by atoms with Crippen LogP contribution in [0.2, 0.25) is 0 Å². The number of ether oxygens (including phenoxy) is 4. The van der Waals surface area contributed by atoms with Gasteiger partial charge >= 0.3 is 39.5 Å². The van der Waals surface area contributed by atoms with Gasteiger partial charge in [-0.05, 0) is 70.6 Å². The number of rotatable bonds is 79. The van der Waals surface area contributed by atoms with Crippen LogP contribution in [-0.2, 0) is 65.4 Å². The smallest absolute Gasteiger partial charge is 0.462 e. The number of phosphoric ester groups is 2. The van der Waals surface area contributed by atoms with Crippen molar-refractivity contribution >= 4 is 39.5 Å². The van der Waals surface area contributed by atoms with Crippen LogP contribution in [0.15, 0.2) is 60.8 Å². The Kier molecular flexibility index (Phi) is 73.6. The van der Waals surface area contributed by atoms with Crippen LogP contribution in [0.4, 0.5) is 0 Å². The molecule has 0 fully saturated rings. The summed E-state index contributed by atoms with van der Waals surface area (Å²) in [6.07, 6.45) is 76.1. The summed E-state index contributed by atoms with van der Waals surface area (Å²) >= 11 is 0. The van der Waals surface area contributed by atoms with Crippen molar-refractivity contribution in [1.82, 2.24) is 0 Å². The quantitative estimate of drug-likeness (QED) is 0.0169. The summed E-state index contributed by atoms with van der Waals surface area (Å²) in [7, 11) is -9.94. The van der Waals surface area contributed by atoms with Gasteiger partial charge in [-0.25, -0.2) is 9.13 Å². The van der Waals surface area contributed by atoms with Crippen LogP contribution in [-0.4, -0.2) is 96.7 Å². The lowest BCUT2D eigenvalue weighted by Crippen LogP contribution is -2.30. The molecular formula is C83H152O17P2. The SMILES string of the molecule is CC/C=C\C/C=C\C/C=C\C/C=C\C/C=C\CCCCCC(=O)OCC(COP(=O)(O)OCC(O)COP(=O)(O)OCC(COC(=O)CCCCCCCCCCCCCCCCC)OC(=O)CCCCCCCCCCCCCCC)OC(=O)CCCCCCCCCCCCCCCCC. The summed E-state index contributed by atoms with van der Waals surface area (Å²) < 4.78 is 68.7. The second-order valence-electron chi connectivity index (χ2n) is 28.1. The molecule has 0 saturated carbocycles. The van der Waals surface area contributed by atoms with Crippen molar-refractivity contribution in [1.29, 1.82) is 0 Å². The molecule has 102 heavy (non-hydrogen) atoms. The fourth-order valence-corrected chi connectivity index (χ4v) is 13.3. The normalized spacial score (nSPS) is 14.1. The average molecular weight is 1480 g/mol. The Morgan fingerprint density at radius 2 is 0.510 bits per heavy atom. The van der Waals surface area contributed by atoms with Gasteiger partial charge in [0, 0.05) is 25.7 Å². The van der Waals surface area contributed by atoms with Crippen molar-refractivity contribution in [2.45, 2.75) is 406 Å². The second-order valence-corrected chi connectivity index (χ2v) is 31.0. The minimum Gasteiger partial charge on any atom is -0.462 e. The van der Waals surface area contributed by atoms with E-state index >= 15 is 0 Å². The number of esters is 4. The molecule has 0 spiro atoms. The topological polar surface area (TPSA) is 237 Å². The van der Waals surface area contributed by atoms with E-state index in [1.807, 2.05) is 0 Å². The van der Waals surface area contributed by atoms with Gasteiger partial charge in [-0.15, -0.1) is 0 Å². The lowest BCUT2D eigenvalue weighted by molar-refractivity contribution is -0.161. The highest BCUT2D eigenvalue weighted by Crippen LogP contribution is 2.45. The van der Waals surface area contributed by atoms with Crippen LogP contribution in [0.3, 0.4) is 0 Å². The van der Waals surface area contributed by atoms with Gasteiger partial charge in [0.2, 0.25) is 0 Å². The molecule has 0 bridgehead atoms. The Labute approximate surface area is 622 Å². The molecule has 3 N–H and O–H groups in total. The molecule has 0 amide bonds. The van der Waals surface area contributed by atoms with E-state index in [0.29, 0.717) is 25.7 Å². The van der Waals surface area contributed by atoms with Crippen molar-refractivity contribution < 1.29 is 80.2 Å². The maximum atomic E-state index is 13.1. The number of hydrogen-bond donors (Lipinski definition) is 3. The van der Waals surface area contributed by atoms with Crippen molar-refractivity contribution in [2.75, 3.05) is 39.6 Å². The van der Waals surface area contributed by atoms with Crippen LogP contribution in [0.1, 0.15) is 387 Å². The first-order chi connectivity index (χ1) is 49.7. The minimum atomic E-state index is -4.98. The van der Waals surface area contributed by atoms with Crippen LogP contribution in [0.25, 0.3) is 0 Å². The monoisotopic (exact) mass is 1480 g/mol. The minimum absolute atomic E-state index is 0.0941. The van der Waals surface area contributed by atoms with E-state index in [2.05, 4.69) is 88.5 Å². The van der Waals surface area contributed by atoms with Crippen molar-refractivity contribution in [3.05, 3.63) is 60.8 Å². The van der Waals surface area contributed by atoms with Gasteiger partial charge in [-0.2, -0.15) is 0 Å². The molecule has 0 heterocycles. The largest absolute Gasteiger partial charge is 0.472 e. The number of aliphatic hydroxyl groups is 1. The van der Waals surface area contributed by atoms with Crippen LogP contribution >= 0.6 is 15.6 Å². The number of aliphatic hydroxyl groups excluding tert-OH is 1. The number of carbonyl (C=O) groups is 4. The maximum absolute atomic E-state index is 13.1. The number of hydrogen-bond acceptors (Lipinski definition) is 15. The molecule has 0 saturated heterocycles. The molecule has 0 aromatic rings. The van der Waals surface area contributed by atoms with E-state index < -0.39 is 97.5 Å². The molecule has 596 valence electrons. The van der Waals surface area contributed by atoms with Gasteiger partial charge in [0.15, 0.2) is 12.2 Å². The Morgan fingerprint density at radius 3 is 0.784 bits per heavy atom. The summed E-state index contributed by atoms with van der Waals surface area (Å²) in [5.74, 6) is -2.17. The summed E-state index contributed by atoms with van der Waals surface area (Å²) in [5.41, 5.74) is 0. The molecule has 17 nitrogen and oxygen atoms in total. The summed E-state index contributed by atoms with van der Waals surface area (Å²) in [4.78, 5) is 73.1. The zero-order chi connectivity index (χ0) is 74.6. The maximum Gasteiger partial charge on any atom is 0.472 e. The van der Waals surface area contributed by atoms with Gasteiger partial charge < -0.3 is 33.8 Å². The molecule has 0 radical (unpaired) electrons. The Bertz CT molecular complexity index is 2170. The van der Waals surface area contributed by atoms with Crippen LogP contribution in [0, 0.1) is 0 Å². The van der Waals surface area contributed by atoms with Gasteiger partial charge in [-0.1, -0.05) is 352 Å². The number of carbonyl (C=O) groups excluding carboxylic acids is 4. The van der Waals surface area contributed by atoms with Gasteiger partial charge in [-0.3, -0.25) is 37.3 Å². The highest BCUT2D eigenvalue weighted by molar-refractivity contribution is 7.47. The number of allylic oxidation sites excluding steroid dienone is 10. The predicted octanol–water partition coefficient (Wildman–Crippen LogP) is 24.2. The Hall–Kier alpha value is -3.24. The zero-order valence-electron chi connectivity index (χ0n) is 65.3. The van der Waals surface area contributed by atoms with Crippen LogP contribution < -0.4 is 0 Å². The Morgan fingerprint density at radius 1 is 0.284 bits per heavy atom. The van der Waals surface area contributed by atoms with E-state index in [-0.39, 0.29) is 25.7 Å². The van der Waals surface area contributed by atoms with Gasteiger partial charge in [0.25, 0.3) is 0 Å². The second kappa shape index (κ2) is 76.0. The third-order valence-electron chi connectivity index (χ3n) is 18.0. The van der Waals surface area contributed by atoms with Crippen LogP contribution in [0.5, 0.6) is 0 Å². The summed E-state index contributed by atoms with van der Waals surface area (Å²) in [6, 6.07) is 0. The van der Waals surface area contributed by atoms with E-state index in [0.717, 1.165) is 122 Å². The van der Waals surface area contributed by atoms with E-state index in [1.165, 1.54) is 186 Å². The predicted molar refractivity (Wildman–Crippen MR) is 418 cm³/mol. The lowest BCUT2D eigenvalue weighted by Gasteiger charge is -2.21. The van der Waals surface area contributed by atoms with E-state index in [4.69, 9.17) is 37.0 Å². The summed E-state index contributed by atoms with van der Waals surface area (Å²) in [5, 5.41) is 10.6. The van der Waals surface area contributed by atoms with Gasteiger partial charge in [0.05, 0.1) is 26.4 Å². The zero-order valence-corrected chi connectivity index (χ0v) is 67.1. The van der Waals surface area contributed by atoms with Gasteiger partial charge in [0.1, 0.15) is 19.3 Å². The third kappa shape index (κ3) is 75.0. The average Bonchev–Trinajstić information content (AvgIpc) is 0.924. The third-order valence-corrected chi connectivity index (χ3v) is 19.9. The molecule has 0 rings (SSSR count). The van der Waals surface area contributed by atoms with E-state index in [1.54, 1.807) is 0 Å².